The normalized spacial score (nSPS) is 18.7. The van der Waals surface area contributed by atoms with E-state index in [0.29, 0.717) is 0 Å². The number of rotatable bonds is 0. The van der Waals surface area contributed by atoms with Crippen LogP contribution in [-0.4, -0.2) is 0 Å². The molecule has 0 heteroatoms. The lowest BCUT2D eigenvalue weighted by Gasteiger charge is -1.87. The molecule has 0 N–H and O–H groups in total. The largest absolute Gasteiger partial charge is 0.0879 e. The molecule has 0 saturated heterocycles. The molecular weight excluding hydrogens is 144 g/mol. The van der Waals surface area contributed by atoms with Crippen molar-refractivity contribution in [2.45, 2.75) is 25.7 Å². The van der Waals surface area contributed by atoms with Gasteiger partial charge in [0, 0.05) is 0 Å². The topological polar surface area (TPSA) is 0 Å². The van der Waals surface area contributed by atoms with E-state index in [9.17, 15) is 0 Å². The van der Waals surface area contributed by atoms with Gasteiger partial charge in [-0.25, -0.2) is 0 Å². The van der Waals surface area contributed by atoms with Crippen LogP contribution in [0.25, 0.3) is 0 Å². The van der Waals surface area contributed by atoms with E-state index in [2.05, 4.69) is 48.6 Å². The van der Waals surface area contributed by atoms with E-state index in [4.69, 9.17) is 0 Å². The molecule has 63 valence electrons. The lowest BCUT2D eigenvalue weighted by molar-refractivity contribution is 1.03. The highest BCUT2D eigenvalue weighted by molar-refractivity contribution is 5.06. The van der Waals surface area contributed by atoms with Crippen LogP contribution >= 0.6 is 0 Å². The summed E-state index contributed by atoms with van der Waals surface area (Å²) in [7, 11) is 0. The summed E-state index contributed by atoms with van der Waals surface area (Å²) in [5.41, 5.74) is 0. The Morgan fingerprint density at radius 3 is 2.75 bits per heavy atom. The SMILES string of the molecule is [C]1=CCCC=CCC=CC=CC1. The minimum Gasteiger partial charge on any atom is -0.0879 e. The average molecular weight is 159 g/mol. The lowest BCUT2D eigenvalue weighted by atomic mass is 10.2. The molecule has 0 unspecified atom stereocenters. The molecule has 0 spiro atoms. The fourth-order valence-electron chi connectivity index (χ4n) is 1.03. The summed E-state index contributed by atoms with van der Waals surface area (Å²) in [6.45, 7) is 0. The zero-order chi connectivity index (χ0) is 8.49. The van der Waals surface area contributed by atoms with Gasteiger partial charge in [-0.3, -0.25) is 0 Å². The van der Waals surface area contributed by atoms with Crippen LogP contribution in [0.5, 0.6) is 0 Å². The summed E-state index contributed by atoms with van der Waals surface area (Å²) in [5, 5.41) is 0. The Hall–Kier alpha value is -1.04. The van der Waals surface area contributed by atoms with E-state index in [1.54, 1.807) is 0 Å². The Morgan fingerprint density at radius 2 is 1.75 bits per heavy atom. The molecule has 0 bridgehead atoms. The number of hydrogen-bond donors (Lipinski definition) is 0. The zero-order valence-corrected chi connectivity index (χ0v) is 7.37. The molecular formula is C12H15. The molecule has 0 heterocycles. The third-order valence-corrected chi connectivity index (χ3v) is 1.68. The first-order valence-corrected chi connectivity index (χ1v) is 4.52. The molecule has 1 aliphatic carbocycles. The second-order valence-electron chi connectivity index (χ2n) is 2.75. The van der Waals surface area contributed by atoms with Crippen molar-refractivity contribution in [1.82, 2.24) is 0 Å². The minimum atomic E-state index is 0.939. The highest BCUT2D eigenvalue weighted by Crippen LogP contribution is 1.98. The van der Waals surface area contributed by atoms with Crippen LogP contribution in [0, 0.1) is 6.08 Å². The van der Waals surface area contributed by atoms with Crippen LogP contribution in [0.15, 0.2) is 42.5 Å². The van der Waals surface area contributed by atoms with Gasteiger partial charge in [-0.2, -0.15) is 0 Å². The van der Waals surface area contributed by atoms with E-state index in [1.165, 1.54) is 0 Å². The van der Waals surface area contributed by atoms with E-state index in [-0.39, 0.29) is 0 Å². The van der Waals surface area contributed by atoms with Crippen molar-refractivity contribution in [2.24, 2.45) is 0 Å². The van der Waals surface area contributed by atoms with Crippen LogP contribution in [0.4, 0.5) is 0 Å². The first-order chi connectivity index (χ1) is 6.00. The molecule has 0 nitrogen and oxygen atoms in total. The van der Waals surface area contributed by atoms with Crippen LogP contribution in [0.3, 0.4) is 0 Å². The van der Waals surface area contributed by atoms with E-state index in [0.717, 1.165) is 25.7 Å². The lowest BCUT2D eigenvalue weighted by Crippen LogP contribution is -1.68. The summed E-state index contributed by atoms with van der Waals surface area (Å²) in [6, 6.07) is 0. The molecule has 0 aliphatic heterocycles. The molecule has 1 radical (unpaired) electrons. The molecule has 1 rings (SSSR count). The van der Waals surface area contributed by atoms with Crippen LogP contribution in [-0.2, 0) is 0 Å². The molecule has 1 aliphatic rings. The van der Waals surface area contributed by atoms with Gasteiger partial charge < -0.3 is 0 Å². The molecule has 0 atom stereocenters. The van der Waals surface area contributed by atoms with Crippen molar-refractivity contribution in [3.05, 3.63) is 48.6 Å². The number of hydrogen-bond acceptors (Lipinski definition) is 0. The standard InChI is InChI=1S/C12H15/c1-2-4-6-8-10-12-11-9-7-5-3-1/h1-4,7,9-10H,5-6,11-12H2. The fourth-order valence-corrected chi connectivity index (χ4v) is 1.03. The van der Waals surface area contributed by atoms with Gasteiger partial charge >= 0.3 is 0 Å². The zero-order valence-electron chi connectivity index (χ0n) is 7.37. The predicted octanol–water partition coefficient (Wildman–Crippen LogP) is 3.59. The quantitative estimate of drug-likeness (QED) is 0.474. The van der Waals surface area contributed by atoms with Crippen LogP contribution in [0.1, 0.15) is 25.7 Å². The minimum absolute atomic E-state index is 0.939. The second-order valence-corrected chi connectivity index (χ2v) is 2.75. The van der Waals surface area contributed by atoms with Gasteiger partial charge in [0.1, 0.15) is 0 Å². The average Bonchev–Trinajstić information content (AvgIpc) is 2.05. The van der Waals surface area contributed by atoms with Gasteiger partial charge in [-0.1, -0.05) is 42.5 Å². The molecule has 0 aromatic rings. The number of allylic oxidation sites excluding steroid dienone is 8. The highest BCUT2D eigenvalue weighted by Gasteiger charge is 1.78. The van der Waals surface area contributed by atoms with Gasteiger partial charge in [0.2, 0.25) is 0 Å². The maximum atomic E-state index is 3.22. The summed E-state index contributed by atoms with van der Waals surface area (Å²) < 4.78 is 0. The van der Waals surface area contributed by atoms with Crippen molar-refractivity contribution in [3.63, 3.8) is 0 Å². The second kappa shape index (κ2) is 6.66. The van der Waals surface area contributed by atoms with Crippen molar-refractivity contribution < 1.29 is 0 Å². The molecule has 0 saturated carbocycles. The van der Waals surface area contributed by atoms with Gasteiger partial charge in [0.25, 0.3) is 0 Å². The predicted molar refractivity (Wildman–Crippen MR) is 53.7 cm³/mol. The van der Waals surface area contributed by atoms with Crippen LogP contribution < -0.4 is 0 Å². The molecule has 0 amide bonds. The highest BCUT2D eigenvalue weighted by atomic mass is 13.8. The summed E-state index contributed by atoms with van der Waals surface area (Å²) in [5.74, 6) is 0. The van der Waals surface area contributed by atoms with Crippen LogP contribution in [0.2, 0.25) is 0 Å². The summed E-state index contributed by atoms with van der Waals surface area (Å²) in [4.78, 5) is 0. The first-order valence-electron chi connectivity index (χ1n) is 4.52. The van der Waals surface area contributed by atoms with E-state index >= 15 is 0 Å². The molecule has 0 fully saturated rings. The van der Waals surface area contributed by atoms with Crippen molar-refractivity contribution in [2.75, 3.05) is 0 Å². The maximum Gasteiger partial charge on any atom is -0.00948 e. The van der Waals surface area contributed by atoms with Gasteiger partial charge in [0.15, 0.2) is 0 Å². The smallest absolute Gasteiger partial charge is 0.00948 e. The van der Waals surface area contributed by atoms with Crippen molar-refractivity contribution in [3.8, 4) is 0 Å². The van der Waals surface area contributed by atoms with Crippen molar-refractivity contribution >= 4 is 0 Å². The van der Waals surface area contributed by atoms with Gasteiger partial charge in [0.05, 0.1) is 0 Å². The fraction of sp³-hybridized carbons (Fsp3) is 0.333. The first kappa shape index (κ1) is 9.05. The van der Waals surface area contributed by atoms with E-state index in [1.807, 2.05) is 0 Å². The molecule has 0 aromatic carbocycles. The monoisotopic (exact) mass is 159 g/mol. The summed E-state index contributed by atoms with van der Waals surface area (Å²) >= 11 is 0. The maximum absolute atomic E-state index is 3.22. The van der Waals surface area contributed by atoms with E-state index < -0.39 is 0 Å². The Balaban J connectivity index is 2.41. The van der Waals surface area contributed by atoms with Crippen molar-refractivity contribution in [1.29, 1.82) is 0 Å². The Kier molecular flexibility index (Phi) is 5.02. The third kappa shape index (κ3) is 4.73. The van der Waals surface area contributed by atoms with Gasteiger partial charge in [-0.15, -0.1) is 0 Å². The summed E-state index contributed by atoms with van der Waals surface area (Å²) in [6.07, 6.45) is 22.5. The third-order valence-electron chi connectivity index (χ3n) is 1.68. The Bertz CT molecular complexity index is 180. The Morgan fingerprint density at radius 1 is 0.833 bits per heavy atom. The molecule has 0 aromatic heterocycles. The van der Waals surface area contributed by atoms with Gasteiger partial charge in [-0.05, 0) is 31.8 Å². The molecule has 12 heavy (non-hydrogen) atoms. The Labute approximate surface area is 75.0 Å².